The maximum absolute atomic E-state index is 11.6. The fourth-order valence-corrected chi connectivity index (χ4v) is 2.87. The van der Waals surface area contributed by atoms with E-state index in [1.54, 1.807) is 6.92 Å². The average Bonchev–Trinajstić information content (AvgIpc) is 2.94. The molecule has 0 aliphatic carbocycles. The van der Waals surface area contributed by atoms with Gasteiger partial charge in [-0.05, 0) is 25.0 Å². The second-order valence-electron chi connectivity index (χ2n) is 4.89. The van der Waals surface area contributed by atoms with Gasteiger partial charge in [-0.2, -0.15) is 0 Å². The third kappa shape index (κ3) is 1.60. The van der Waals surface area contributed by atoms with Gasteiger partial charge in [0.1, 0.15) is 5.82 Å². The molecule has 1 saturated heterocycles. The van der Waals surface area contributed by atoms with Gasteiger partial charge in [-0.15, -0.1) is 0 Å². The van der Waals surface area contributed by atoms with Crippen molar-refractivity contribution in [2.24, 2.45) is 7.05 Å². The van der Waals surface area contributed by atoms with E-state index >= 15 is 0 Å². The van der Waals surface area contributed by atoms with E-state index in [1.165, 1.54) is 0 Å². The van der Waals surface area contributed by atoms with E-state index in [1.807, 2.05) is 30.1 Å². The van der Waals surface area contributed by atoms with Crippen molar-refractivity contribution in [2.45, 2.75) is 25.8 Å². The van der Waals surface area contributed by atoms with Gasteiger partial charge < -0.3 is 9.47 Å². The van der Waals surface area contributed by atoms with Crippen LogP contribution in [0.25, 0.3) is 11.0 Å². The smallest absolute Gasteiger partial charge is 0.220 e. The molecule has 1 amide bonds. The summed E-state index contributed by atoms with van der Waals surface area (Å²) >= 11 is 0. The highest BCUT2D eigenvalue weighted by Gasteiger charge is 2.31. The Balaban J connectivity index is 2.09. The topological polar surface area (TPSA) is 38.1 Å². The number of fused-ring (bicyclic) bond motifs is 1. The number of benzene rings is 1. The molecule has 0 saturated carbocycles. The third-order valence-electron chi connectivity index (χ3n) is 3.78. The lowest BCUT2D eigenvalue weighted by molar-refractivity contribution is -0.129. The van der Waals surface area contributed by atoms with Gasteiger partial charge in [0.05, 0.1) is 17.1 Å². The lowest BCUT2D eigenvalue weighted by atomic mass is 10.2. The Morgan fingerprint density at radius 3 is 2.89 bits per heavy atom. The van der Waals surface area contributed by atoms with E-state index in [0.717, 1.165) is 36.2 Å². The van der Waals surface area contributed by atoms with Crippen molar-refractivity contribution in [3.05, 3.63) is 30.1 Å². The summed E-state index contributed by atoms with van der Waals surface area (Å²) in [6.45, 7) is 2.49. The molecule has 1 aliphatic heterocycles. The molecule has 1 aromatic heterocycles. The predicted molar refractivity (Wildman–Crippen MR) is 70.1 cm³/mol. The molecule has 94 valence electrons. The van der Waals surface area contributed by atoms with Crippen LogP contribution in [0.5, 0.6) is 0 Å². The van der Waals surface area contributed by atoms with Crippen molar-refractivity contribution in [1.82, 2.24) is 14.5 Å². The second kappa shape index (κ2) is 4.12. The normalized spacial score (nSPS) is 19.7. The Morgan fingerprint density at radius 2 is 2.17 bits per heavy atom. The number of para-hydroxylation sites is 2. The number of imidazole rings is 1. The molecule has 18 heavy (non-hydrogen) atoms. The molecule has 1 aliphatic rings. The lowest BCUT2D eigenvalue weighted by Crippen LogP contribution is -2.29. The van der Waals surface area contributed by atoms with Crippen molar-refractivity contribution in [3.8, 4) is 0 Å². The lowest BCUT2D eigenvalue weighted by Gasteiger charge is -2.22. The van der Waals surface area contributed by atoms with Gasteiger partial charge in [-0.1, -0.05) is 12.1 Å². The zero-order chi connectivity index (χ0) is 12.7. The van der Waals surface area contributed by atoms with Crippen molar-refractivity contribution < 1.29 is 4.79 Å². The number of amides is 1. The van der Waals surface area contributed by atoms with Gasteiger partial charge in [-0.25, -0.2) is 4.98 Å². The average molecular weight is 243 g/mol. The van der Waals surface area contributed by atoms with Crippen LogP contribution in [0.4, 0.5) is 0 Å². The molecule has 2 aromatic rings. The summed E-state index contributed by atoms with van der Waals surface area (Å²) in [4.78, 5) is 18.3. The second-order valence-corrected chi connectivity index (χ2v) is 4.89. The fraction of sp³-hybridized carbons (Fsp3) is 0.429. The zero-order valence-electron chi connectivity index (χ0n) is 10.8. The minimum absolute atomic E-state index is 0.139. The number of aryl methyl sites for hydroxylation is 1. The largest absolute Gasteiger partial charge is 0.333 e. The highest BCUT2D eigenvalue weighted by molar-refractivity contribution is 5.77. The number of nitrogens with zero attached hydrogens (tertiary/aromatic N) is 3. The van der Waals surface area contributed by atoms with E-state index in [2.05, 4.69) is 10.6 Å². The number of aromatic nitrogens is 2. The monoisotopic (exact) mass is 243 g/mol. The molecule has 4 heteroatoms. The first kappa shape index (κ1) is 11.3. The molecule has 0 radical (unpaired) electrons. The predicted octanol–water partition coefficient (Wildman–Crippen LogP) is 2.26. The van der Waals surface area contributed by atoms with Crippen molar-refractivity contribution in [1.29, 1.82) is 0 Å². The maximum Gasteiger partial charge on any atom is 0.220 e. The molecule has 0 N–H and O–H groups in total. The van der Waals surface area contributed by atoms with E-state index < -0.39 is 0 Å². The summed E-state index contributed by atoms with van der Waals surface area (Å²) in [6.07, 6.45) is 2.07. The summed E-state index contributed by atoms with van der Waals surface area (Å²) in [5, 5.41) is 0. The van der Waals surface area contributed by atoms with Crippen LogP contribution in [0, 0.1) is 0 Å². The Morgan fingerprint density at radius 1 is 1.39 bits per heavy atom. The van der Waals surface area contributed by atoms with E-state index in [-0.39, 0.29) is 11.9 Å². The van der Waals surface area contributed by atoms with Gasteiger partial charge in [0.25, 0.3) is 0 Å². The van der Waals surface area contributed by atoms with Gasteiger partial charge in [0.2, 0.25) is 5.91 Å². The van der Waals surface area contributed by atoms with E-state index in [0.29, 0.717) is 0 Å². The number of hydrogen-bond acceptors (Lipinski definition) is 2. The zero-order valence-corrected chi connectivity index (χ0v) is 10.8. The quantitative estimate of drug-likeness (QED) is 0.770. The Kier molecular flexibility index (Phi) is 2.58. The van der Waals surface area contributed by atoms with Crippen LogP contribution >= 0.6 is 0 Å². The summed E-state index contributed by atoms with van der Waals surface area (Å²) in [5.41, 5.74) is 2.13. The molecule has 3 rings (SSSR count). The molecule has 1 fully saturated rings. The number of hydrogen-bond donors (Lipinski definition) is 0. The van der Waals surface area contributed by atoms with Crippen LogP contribution in [0.1, 0.15) is 31.6 Å². The molecule has 0 spiro atoms. The first-order chi connectivity index (χ1) is 8.68. The van der Waals surface area contributed by atoms with Crippen molar-refractivity contribution >= 4 is 16.9 Å². The van der Waals surface area contributed by atoms with Gasteiger partial charge >= 0.3 is 0 Å². The SMILES string of the molecule is CC(=O)N1CCCC1c1nc2ccccc2n1C. The van der Waals surface area contributed by atoms with Gasteiger partial charge in [0, 0.05) is 20.5 Å². The van der Waals surface area contributed by atoms with Crippen LogP contribution in [-0.4, -0.2) is 26.9 Å². The van der Waals surface area contributed by atoms with E-state index in [4.69, 9.17) is 4.98 Å². The van der Waals surface area contributed by atoms with Crippen LogP contribution in [0.2, 0.25) is 0 Å². The number of carbonyl (C=O) groups is 1. The molecule has 1 unspecified atom stereocenters. The number of carbonyl (C=O) groups excluding carboxylic acids is 1. The standard InChI is InChI=1S/C14H17N3O/c1-10(18)17-9-5-8-13(17)14-15-11-6-3-4-7-12(11)16(14)2/h3-4,6-7,13H,5,8-9H2,1-2H3. The first-order valence-corrected chi connectivity index (χ1v) is 6.37. The summed E-state index contributed by atoms with van der Waals surface area (Å²) < 4.78 is 2.11. The number of likely N-dealkylation sites (tertiary alicyclic amines) is 1. The Hall–Kier alpha value is -1.84. The third-order valence-corrected chi connectivity index (χ3v) is 3.78. The highest BCUT2D eigenvalue weighted by Crippen LogP contribution is 2.32. The maximum atomic E-state index is 11.6. The van der Waals surface area contributed by atoms with Crippen molar-refractivity contribution in [2.75, 3.05) is 6.54 Å². The molecule has 2 heterocycles. The van der Waals surface area contributed by atoms with Crippen LogP contribution in [0.15, 0.2) is 24.3 Å². The van der Waals surface area contributed by atoms with E-state index in [9.17, 15) is 4.79 Å². The minimum Gasteiger partial charge on any atom is -0.333 e. The molecular weight excluding hydrogens is 226 g/mol. The Labute approximate surface area is 106 Å². The molecule has 0 bridgehead atoms. The summed E-state index contributed by atoms with van der Waals surface area (Å²) in [7, 11) is 2.03. The highest BCUT2D eigenvalue weighted by atomic mass is 16.2. The minimum atomic E-state index is 0.139. The number of rotatable bonds is 1. The van der Waals surface area contributed by atoms with Crippen LogP contribution in [-0.2, 0) is 11.8 Å². The van der Waals surface area contributed by atoms with Crippen LogP contribution < -0.4 is 0 Å². The summed E-state index contributed by atoms with van der Waals surface area (Å²) in [5.74, 6) is 1.15. The molecule has 1 aromatic carbocycles. The van der Waals surface area contributed by atoms with Crippen molar-refractivity contribution in [3.63, 3.8) is 0 Å². The first-order valence-electron chi connectivity index (χ1n) is 6.37. The van der Waals surface area contributed by atoms with Gasteiger partial charge in [0.15, 0.2) is 0 Å². The fourth-order valence-electron chi connectivity index (χ4n) is 2.87. The molecule has 1 atom stereocenters. The van der Waals surface area contributed by atoms with Crippen LogP contribution in [0.3, 0.4) is 0 Å². The van der Waals surface area contributed by atoms with Gasteiger partial charge in [-0.3, -0.25) is 4.79 Å². The summed E-state index contributed by atoms with van der Waals surface area (Å²) in [6, 6.07) is 8.24. The molecule has 4 nitrogen and oxygen atoms in total. The molecular formula is C14H17N3O. The Bertz CT molecular complexity index is 602.